The number of hydrogen-bond acceptors (Lipinski definition) is 3. The van der Waals surface area contributed by atoms with Gasteiger partial charge in [-0.1, -0.05) is 0 Å². The number of rotatable bonds is 5. The van der Waals surface area contributed by atoms with Crippen molar-refractivity contribution in [3.63, 3.8) is 0 Å². The zero-order chi connectivity index (χ0) is 12.8. The Kier molecular flexibility index (Phi) is 4.39. The summed E-state index contributed by atoms with van der Waals surface area (Å²) in [7, 11) is 0. The largest absolute Gasteiger partial charge is 0.396 e. The first-order valence-electron chi connectivity index (χ1n) is 5.99. The van der Waals surface area contributed by atoms with Crippen molar-refractivity contribution in [1.29, 1.82) is 0 Å². The van der Waals surface area contributed by atoms with Crippen LogP contribution >= 0.6 is 0 Å². The molecule has 0 amide bonds. The fourth-order valence-corrected chi connectivity index (χ4v) is 1.96. The summed E-state index contributed by atoms with van der Waals surface area (Å²) in [6.07, 6.45) is 6.04. The average molecular weight is 245 g/mol. The monoisotopic (exact) mass is 245 g/mol. The minimum absolute atomic E-state index is 0.0949. The lowest BCUT2D eigenvalue weighted by Gasteiger charge is -2.05. The highest BCUT2D eigenvalue weighted by atomic mass is 16.3. The SMILES string of the molecule is OCCc1cc(-c2ccncc2)cc[n+]1CCO. The molecule has 2 aromatic rings. The minimum atomic E-state index is 0.0949. The number of aliphatic hydroxyl groups is 2. The van der Waals surface area contributed by atoms with Crippen molar-refractivity contribution < 1.29 is 14.8 Å². The van der Waals surface area contributed by atoms with Crippen LogP contribution < -0.4 is 4.57 Å². The van der Waals surface area contributed by atoms with E-state index in [0.717, 1.165) is 16.8 Å². The lowest BCUT2D eigenvalue weighted by molar-refractivity contribution is -0.705. The quantitative estimate of drug-likeness (QED) is 0.757. The second-order valence-corrected chi connectivity index (χ2v) is 4.03. The van der Waals surface area contributed by atoms with Gasteiger partial charge in [-0.25, -0.2) is 0 Å². The molecule has 2 heterocycles. The predicted molar refractivity (Wildman–Crippen MR) is 67.7 cm³/mol. The van der Waals surface area contributed by atoms with E-state index in [-0.39, 0.29) is 13.2 Å². The first-order valence-corrected chi connectivity index (χ1v) is 5.99. The van der Waals surface area contributed by atoms with Crippen LogP contribution in [0.15, 0.2) is 42.9 Å². The standard InChI is InChI=1S/C14H17N2O2/c17-9-4-14-11-13(3-7-16(14)8-10-18)12-1-5-15-6-2-12/h1-3,5-7,11,17-18H,4,8-10H2/q+1. The fraction of sp³-hybridized carbons (Fsp3) is 0.286. The minimum Gasteiger partial charge on any atom is -0.396 e. The van der Waals surface area contributed by atoms with Gasteiger partial charge in [0.25, 0.3) is 0 Å². The van der Waals surface area contributed by atoms with Gasteiger partial charge in [-0.05, 0) is 23.3 Å². The van der Waals surface area contributed by atoms with Crippen molar-refractivity contribution in [2.75, 3.05) is 13.2 Å². The average Bonchev–Trinajstić information content (AvgIpc) is 2.42. The maximum absolute atomic E-state index is 9.09. The second-order valence-electron chi connectivity index (χ2n) is 4.03. The van der Waals surface area contributed by atoms with Crippen LogP contribution in [0, 0.1) is 0 Å². The second kappa shape index (κ2) is 6.23. The van der Waals surface area contributed by atoms with Crippen LogP contribution in [-0.4, -0.2) is 28.4 Å². The Balaban J connectivity index is 2.36. The van der Waals surface area contributed by atoms with Crippen molar-refractivity contribution in [3.8, 4) is 11.1 Å². The van der Waals surface area contributed by atoms with Gasteiger partial charge >= 0.3 is 0 Å². The lowest BCUT2D eigenvalue weighted by atomic mass is 10.1. The van der Waals surface area contributed by atoms with Crippen LogP contribution in [0.5, 0.6) is 0 Å². The third kappa shape index (κ3) is 2.91. The van der Waals surface area contributed by atoms with Gasteiger partial charge in [-0.15, -0.1) is 0 Å². The van der Waals surface area contributed by atoms with Crippen LogP contribution in [0.4, 0.5) is 0 Å². The highest BCUT2D eigenvalue weighted by Gasteiger charge is 2.11. The summed E-state index contributed by atoms with van der Waals surface area (Å²) in [5.74, 6) is 0. The Morgan fingerprint density at radius 1 is 1.00 bits per heavy atom. The van der Waals surface area contributed by atoms with Crippen LogP contribution in [0.1, 0.15) is 5.69 Å². The van der Waals surface area contributed by atoms with Gasteiger partial charge in [0.2, 0.25) is 0 Å². The van der Waals surface area contributed by atoms with Crippen LogP contribution in [0.2, 0.25) is 0 Å². The maximum atomic E-state index is 9.09. The molecule has 0 radical (unpaired) electrons. The molecule has 0 saturated carbocycles. The van der Waals surface area contributed by atoms with E-state index in [9.17, 15) is 0 Å². The Bertz CT molecular complexity index is 500. The van der Waals surface area contributed by atoms with Gasteiger partial charge in [0.1, 0.15) is 6.61 Å². The Hall–Kier alpha value is -1.78. The highest BCUT2D eigenvalue weighted by molar-refractivity contribution is 5.62. The molecule has 4 heteroatoms. The normalized spacial score (nSPS) is 10.6. The number of aliphatic hydroxyl groups excluding tert-OH is 2. The van der Waals surface area contributed by atoms with Gasteiger partial charge in [0, 0.05) is 24.5 Å². The van der Waals surface area contributed by atoms with Gasteiger partial charge in [-0.2, -0.15) is 4.57 Å². The first kappa shape index (κ1) is 12.7. The van der Waals surface area contributed by atoms with E-state index in [2.05, 4.69) is 4.98 Å². The molecule has 0 atom stereocenters. The van der Waals surface area contributed by atoms with Gasteiger partial charge in [-0.3, -0.25) is 4.98 Å². The zero-order valence-electron chi connectivity index (χ0n) is 10.2. The Morgan fingerprint density at radius 3 is 2.44 bits per heavy atom. The van der Waals surface area contributed by atoms with Crippen molar-refractivity contribution in [2.45, 2.75) is 13.0 Å². The molecule has 0 aliphatic rings. The number of nitrogens with zero attached hydrogens (tertiary/aromatic N) is 2. The van der Waals surface area contributed by atoms with Gasteiger partial charge in [0.05, 0.1) is 13.0 Å². The summed E-state index contributed by atoms with van der Waals surface area (Å²) in [6.45, 7) is 0.745. The van der Waals surface area contributed by atoms with E-state index >= 15 is 0 Å². The molecule has 2 aromatic heterocycles. The third-order valence-electron chi connectivity index (χ3n) is 2.85. The van der Waals surface area contributed by atoms with Gasteiger partial charge in [0.15, 0.2) is 18.4 Å². The molecule has 94 valence electrons. The molecule has 0 unspecified atom stereocenters. The number of hydrogen-bond donors (Lipinski definition) is 2. The number of aromatic nitrogens is 2. The molecule has 4 nitrogen and oxygen atoms in total. The van der Waals surface area contributed by atoms with Crippen molar-refractivity contribution in [3.05, 3.63) is 48.5 Å². The van der Waals surface area contributed by atoms with Crippen LogP contribution in [0.25, 0.3) is 11.1 Å². The lowest BCUT2D eigenvalue weighted by Crippen LogP contribution is -2.40. The Morgan fingerprint density at radius 2 is 1.78 bits per heavy atom. The summed E-state index contributed by atoms with van der Waals surface area (Å²) in [5.41, 5.74) is 3.20. The predicted octanol–water partition coefficient (Wildman–Crippen LogP) is 0.563. The molecular formula is C14H17N2O2+. The van der Waals surface area contributed by atoms with Crippen molar-refractivity contribution in [1.82, 2.24) is 4.98 Å². The number of pyridine rings is 2. The summed E-state index contributed by atoms with van der Waals surface area (Å²) in [4.78, 5) is 4.00. The van der Waals surface area contributed by atoms with E-state index < -0.39 is 0 Å². The summed E-state index contributed by atoms with van der Waals surface area (Å²) in [6, 6.07) is 7.95. The van der Waals surface area contributed by atoms with E-state index in [0.29, 0.717) is 13.0 Å². The summed E-state index contributed by atoms with van der Waals surface area (Å²) < 4.78 is 1.96. The third-order valence-corrected chi connectivity index (χ3v) is 2.85. The molecule has 0 aliphatic carbocycles. The maximum Gasteiger partial charge on any atom is 0.184 e. The van der Waals surface area contributed by atoms with Crippen molar-refractivity contribution >= 4 is 0 Å². The molecule has 18 heavy (non-hydrogen) atoms. The topological polar surface area (TPSA) is 57.2 Å². The molecule has 0 saturated heterocycles. The van der Waals surface area contributed by atoms with E-state index in [1.165, 1.54) is 0 Å². The molecule has 0 spiro atoms. The Labute approximate surface area is 106 Å². The van der Waals surface area contributed by atoms with E-state index in [4.69, 9.17) is 10.2 Å². The molecule has 0 bridgehead atoms. The van der Waals surface area contributed by atoms with E-state index in [1.54, 1.807) is 12.4 Å². The molecule has 0 aliphatic heterocycles. The van der Waals surface area contributed by atoms with Crippen LogP contribution in [-0.2, 0) is 13.0 Å². The summed E-state index contributed by atoms with van der Waals surface area (Å²) >= 11 is 0. The summed E-state index contributed by atoms with van der Waals surface area (Å²) in [5, 5.41) is 18.1. The fourth-order valence-electron chi connectivity index (χ4n) is 1.96. The molecule has 0 fully saturated rings. The molecule has 2 N–H and O–H groups in total. The highest BCUT2D eigenvalue weighted by Crippen LogP contribution is 2.17. The van der Waals surface area contributed by atoms with Crippen LogP contribution in [0.3, 0.4) is 0 Å². The molecule has 2 rings (SSSR count). The first-order chi connectivity index (χ1) is 8.85. The van der Waals surface area contributed by atoms with E-state index in [1.807, 2.05) is 35.0 Å². The zero-order valence-corrected chi connectivity index (χ0v) is 10.2. The van der Waals surface area contributed by atoms with Crippen molar-refractivity contribution in [2.24, 2.45) is 0 Å². The smallest absolute Gasteiger partial charge is 0.184 e. The molecular weight excluding hydrogens is 228 g/mol. The van der Waals surface area contributed by atoms with Gasteiger partial charge < -0.3 is 10.2 Å². The molecule has 0 aromatic carbocycles.